The SMILES string of the molecule is CN(C(=O)COc1ccc(C=O)cc1)C1CCCCC1. The van der Waals surface area contributed by atoms with Crippen molar-refractivity contribution in [2.45, 2.75) is 38.1 Å². The highest BCUT2D eigenvalue weighted by Crippen LogP contribution is 2.21. The van der Waals surface area contributed by atoms with Gasteiger partial charge >= 0.3 is 0 Å². The van der Waals surface area contributed by atoms with Gasteiger partial charge in [-0.05, 0) is 37.1 Å². The van der Waals surface area contributed by atoms with Gasteiger partial charge in [0, 0.05) is 18.7 Å². The second kappa shape index (κ2) is 7.08. The largest absolute Gasteiger partial charge is 0.484 e. The summed E-state index contributed by atoms with van der Waals surface area (Å²) in [5, 5.41) is 0. The molecule has 20 heavy (non-hydrogen) atoms. The standard InChI is InChI=1S/C16H21NO3/c1-17(14-5-3-2-4-6-14)16(19)12-20-15-9-7-13(11-18)8-10-15/h7-11,14H,2-6,12H2,1H3. The summed E-state index contributed by atoms with van der Waals surface area (Å²) in [5.41, 5.74) is 0.600. The molecule has 0 spiro atoms. The molecule has 1 aromatic carbocycles. The molecule has 0 bridgehead atoms. The minimum Gasteiger partial charge on any atom is -0.484 e. The molecule has 0 radical (unpaired) electrons. The van der Waals surface area contributed by atoms with Crippen LogP contribution in [0, 0.1) is 0 Å². The van der Waals surface area contributed by atoms with Gasteiger partial charge in [-0.2, -0.15) is 0 Å². The number of carbonyl (C=O) groups excluding carboxylic acids is 2. The maximum absolute atomic E-state index is 12.1. The normalized spacial score (nSPS) is 15.7. The van der Waals surface area contributed by atoms with E-state index in [1.165, 1.54) is 19.3 Å². The van der Waals surface area contributed by atoms with Crippen LogP contribution < -0.4 is 4.74 Å². The van der Waals surface area contributed by atoms with Gasteiger partial charge in [0.1, 0.15) is 12.0 Å². The molecular weight excluding hydrogens is 254 g/mol. The van der Waals surface area contributed by atoms with Crippen LogP contribution >= 0.6 is 0 Å². The first-order valence-electron chi connectivity index (χ1n) is 7.14. The maximum atomic E-state index is 12.1. The third-order valence-electron chi connectivity index (χ3n) is 3.89. The van der Waals surface area contributed by atoms with E-state index in [9.17, 15) is 9.59 Å². The van der Waals surface area contributed by atoms with Crippen LogP contribution in [0.4, 0.5) is 0 Å². The third-order valence-corrected chi connectivity index (χ3v) is 3.89. The molecule has 2 rings (SSSR count). The number of ether oxygens (including phenoxy) is 1. The van der Waals surface area contributed by atoms with Crippen LogP contribution in [-0.2, 0) is 4.79 Å². The maximum Gasteiger partial charge on any atom is 0.260 e. The Bertz CT molecular complexity index is 449. The first-order chi connectivity index (χ1) is 9.70. The van der Waals surface area contributed by atoms with Crippen molar-refractivity contribution in [1.29, 1.82) is 0 Å². The van der Waals surface area contributed by atoms with Gasteiger partial charge in [0.05, 0.1) is 0 Å². The fraction of sp³-hybridized carbons (Fsp3) is 0.500. The topological polar surface area (TPSA) is 46.6 Å². The molecule has 0 heterocycles. The lowest BCUT2D eigenvalue weighted by atomic mass is 9.94. The number of aldehydes is 1. The van der Waals surface area contributed by atoms with E-state index in [1.54, 1.807) is 24.3 Å². The van der Waals surface area contributed by atoms with Crippen LogP contribution in [-0.4, -0.2) is 36.8 Å². The molecule has 4 nitrogen and oxygen atoms in total. The average molecular weight is 275 g/mol. The van der Waals surface area contributed by atoms with Gasteiger partial charge < -0.3 is 9.64 Å². The average Bonchev–Trinajstić information content (AvgIpc) is 2.53. The van der Waals surface area contributed by atoms with Crippen molar-refractivity contribution in [3.8, 4) is 5.75 Å². The third kappa shape index (κ3) is 3.83. The fourth-order valence-electron chi connectivity index (χ4n) is 2.56. The van der Waals surface area contributed by atoms with Gasteiger partial charge in [-0.1, -0.05) is 19.3 Å². The quantitative estimate of drug-likeness (QED) is 0.776. The van der Waals surface area contributed by atoms with Gasteiger partial charge in [-0.15, -0.1) is 0 Å². The van der Waals surface area contributed by atoms with E-state index < -0.39 is 0 Å². The van der Waals surface area contributed by atoms with Gasteiger partial charge in [-0.25, -0.2) is 0 Å². The molecule has 108 valence electrons. The van der Waals surface area contributed by atoms with Crippen LogP contribution in [0.25, 0.3) is 0 Å². The van der Waals surface area contributed by atoms with Gasteiger partial charge in [0.15, 0.2) is 6.61 Å². The Labute approximate surface area is 119 Å². The monoisotopic (exact) mass is 275 g/mol. The molecule has 1 saturated carbocycles. The Morgan fingerprint density at radius 2 is 1.90 bits per heavy atom. The number of rotatable bonds is 5. The summed E-state index contributed by atoms with van der Waals surface area (Å²) in [4.78, 5) is 24.4. The number of benzene rings is 1. The van der Waals surface area contributed by atoms with Crippen molar-refractivity contribution in [3.05, 3.63) is 29.8 Å². The first-order valence-corrected chi connectivity index (χ1v) is 7.14. The van der Waals surface area contributed by atoms with Crippen molar-refractivity contribution < 1.29 is 14.3 Å². The molecule has 1 aliphatic rings. The molecule has 0 saturated heterocycles. The zero-order valence-electron chi connectivity index (χ0n) is 11.9. The van der Waals surface area contributed by atoms with E-state index >= 15 is 0 Å². The van der Waals surface area contributed by atoms with E-state index in [2.05, 4.69) is 0 Å². The van der Waals surface area contributed by atoms with Crippen LogP contribution in [0.2, 0.25) is 0 Å². The van der Waals surface area contributed by atoms with Crippen molar-refractivity contribution in [3.63, 3.8) is 0 Å². The van der Waals surface area contributed by atoms with Crippen molar-refractivity contribution in [1.82, 2.24) is 4.90 Å². The molecule has 1 fully saturated rings. The molecule has 1 aliphatic carbocycles. The summed E-state index contributed by atoms with van der Waals surface area (Å²) in [6.07, 6.45) is 6.66. The van der Waals surface area contributed by atoms with Crippen LogP contribution in [0.15, 0.2) is 24.3 Å². The predicted molar refractivity (Wildman–Crippen MR) is 77.0 cm³/mol. The molecular formula is C16H21NO3. The van der Waals surface area contributed by atoms with Crippen molar-refractivity contribution >= 4 is 12.2 Å². The second-order valence-electron chi connectivity index (χ2n) is 5.27. The highest BCUT2D eigenvalue weighted by atomic mass is 16.5. The van der Waals surface area contributed by atoms with Crippen molar-refractivity contribution in [2.24, 2.45) is 0 Å². The second-order valence-corrected chi connectivity index (χ2v) is 5.27. The Balaban J connectivity index is 1.82. The smallest absolute Gasteiger partial charge is 0.260 e. The zero-order chi connectivity index (χ0) is 14.4. The van der Waals surface area contributed by atoms with Crippen molar-refractivity contribution in [2.75, 3.05) is 13.7 Å². The number of likely N-dealkylation sites (N-methyl/N-ethyl adjacent to an activating group) is 1. The summed E-state index contributed by atoms with van der Waals surface area (Å²) in [6.45, 7) is 0.0490. The summed E-state index contributed by atoms with van der Waals surface area (Å²) >= 11 is 0. The van der Waals surface area contributed by atoms with E-state index in [0.717, 1.165) is 19.1 Å². The van der Waals surface area contributed by atoms with Crippen LogP contribution in [0.3, 0.4) is 0 Å². The molecule has 0 aromatic heterocycles. The minimum atomic E-state index is 0.0105. The lowest BCUT2D eigenvalue weighted by Gasteiger charge is -2.31. The van der Waals surface area contributed by atoms with E-state index in [4.69, 9.17) is 4.74 Å². The Morgan fingerprint density at radius 1 is 1.25 bits per heavy atom. The summed E-state index contributed by atoms with van der Waals surface area (Å²) < 4.78 is 5.47. The number of carbonyl (C=O) groups is 2. The lowest BCUT2D eigenvalue weighted by Crippen LogP contribution is -2.40. The van der Waals surface area contributed by atoms with Crippen LogP contribution in [0.5, 0.6) is 5.75 Å². The summed E-state index contributed by atoms with van der Waals surface area (Å²) in [5.74, 6) is 0.623. The molecule has 4 heteroatoms. The number of hydrogen-bond donors (Lipinski definition) is 0. The molecule has 0 aliphatic heterocycles. The minimum absolute atomic E-state index is 0.0105. The van der Waals surface area contributed by atoms with E-state index in [-0.39, 0.29) is 12.5 Å². The number of nitrogens with zero attached hydrogens (tertiary/aromatic N) is 1. The van der Waals surface area contributed by atoms with Crippen LogP contribution in [0.1, 0.15) is 42.5 Å². The zero-order valence-corrected chi connectivity index (χ0v) is 11.9. The Kier molecular flexibility index (Phi) is 5.16. The van der Waals surface area contributed by atoms with Gasteiger partial charge in [0.25, 0.3) is 5.91 Å². The molecule has 0 unspecified atom stereocenters. The van der Waals surface area contributed by atoms with Gasteiger partial charge in [0.2, 0.25) is 0 Å². The highest BCUT2D eigenvalue weighted by Gasteiger charge is 2.22. The van der Waals surface area contributed by atoms with E-state index in [0.29, 0.717) is 17.4 Å². The fourth-order valence-corrected chi connectivity index (χ4v) is 2.56. The molecule has 0 atom stereocenters. The number of hydrogen-bond acceptors (Lipinski definition) is 3. The molecule has 0 N–H and O–H groups in total. The van der Waals surface area contributed by atoms with Gasteiger partial charge in [-0.3, -0.25) is 9.59 Å². The number of amides is 1. The highest BCUT2D eigenvalue weighted by molar-refractivity contribution is 5.78. The lowest BCUT2D eigenvalue weighted by molar-refractivity contribution is -0.134. The summed E-state index contributed by atoms with van der Waals surface area (Å²) in [7, 11) is 1.86. The molecule has 1 aromatic rings. The summed E-state index contributed by atoms with van der Waals surface area (Å²) in [6, 6.07) is 7.13. The first kappa shape index (κ1) is 14.6. The molecule has 1 amide bonds. The predicted octanol–water partition coefficient (Wildman–Crippen LogP) is 2.67. The van der Waals surface area contributed by atoms with E-state index in [1.807, 2.05) is 11.9 Å². The Morgan fingerprint density at radius 3 is 2.50 bits per heavy atom. The Hall–Kier alpha value is -1.84.